The molecule has 31 heavy (non-hydrogen) atoms. The van der Waals surface area contributed by atoms with E-state index in [2.05, 4.69) is 62.6 Å². The number of aromatic nitrogens is 2. The zero-order chi connectivity index (χ0) is 21.6. The van der Waals surface area contributed by atoms with Gasteiger partial charge in [-0.3, -0.25) is 9.80 Å². The highest BCUT2D eigenvalue weighted by molar-refractivity contribution is 5.29. The Morgan fingerprint density at radius 2 is 2.16 bits per heavy atom. The molecule has 3 unspecified atom stereocenters. The third-order valence-electron chi connectivity index (χ3n) is 8.15. The maximum atomic E-state index is 4.51. The molecule has 5 rings (SSSR count). The Hall–Kier alpha value is -1.96. The van der Waals surface area contributed by atoms with Gasteiger partial charge in [0.05, 0.1) is 6.04 Å². The second-order valence-electron chi connectivity index (χ2n) is 10.1. The average Bonchev–Trinajstić information content (AvgIpc) is 3.45. The van der Waals surface area contributed by atoms with Gasteiger partial charge in [0.2, 0.25) is 0 Å². The molecule has 1 aromatic rings. The van der Waals surface area contributed by atoms with Gasteiger partial charge in [-0.25, -0.2) is 15.4 Å². The fourth-order valence-electron chi connectivity index (χ4n) is 5.85. The van der Waals surface area contributed by atoms with Crippen LogP contribution in [0.5, 0.6) is 0 Å². The lowest BCUT2D eigenvalue weighted by atomic mass is 9.78. The van der Waals surface area contributed by atoms with E-state index in [-0.39, 0.29) is 6.04 Å². The third kappa shape index (κ3) is 3.88. The van der Waals surface area contributed by atoms with E-state index in [9.17, 15) is 0 Å². The summed E-state index contributed by atoms with van der Waals surface area (Å²) in [5.41, 5.74) is 7.36. The van der Waals surface area contributed by atoms with Gasteiger partial charge in [0.15, 0.2) is 0 Å². The van der Waals surface area contributed by atoms with Gasteiger partial charge in [-0.2, -0.15) is 0 Å². The number of hydrogen-bond acceptors (Lipinski definition) is 7. The molecule has 168 valence electrons. The van der Waals surface area contributed by atoms with E-state index < -0.39 is 0 Å². The SMILES string of the molecule is C=C(NC(CN1CC2(CCN2C)C1)C(=C)N1CCCCN1)[C@@H]1C(C)C1c1ccncn1. The van der Waals surface area contributed by atoms with Crippen LogP contribution in [0, 0.1) is 11.8 Å². The lowest BCUT2D eigenvalue weighted by Crippen LogP contribution is -2.76. The van der Waals surface area contributed by atoms with Gasteiger partial charge in [0.1, 0.15) is 6.33 Å². The van der Waals surface area contributed by atoms with E-state index in [1.54, 1.807) is 6.33 Å². The van der Waals surface area contributed by atoms with Crippen molar-refractivity contribution in [1.29, 1.82) is 0 Å². The molecule has 1 aliphatic carbocycles. The number of nitrogens with one attached hydrogen (secondary N) is 2. The Morgan fingerprint density at radius 3 is 2.77 bits per heavy atom. The van der Waals surface area contributed by atoms with Crippen LogP contribution in [-0.2, 0) is 0 Å². The monoisotopic (exact) mass is 423 g/mol. The first-order chi connectivity index (χ1) is 15.0. The predicted molar refractivity (Wildman–Crippen MR) is 123 cm³/mol. The van der Waals surface area contributed by atoms with Crippen molar-refractivity contribution in [1.82, 2.24) is 35.5 Å². The summed E-state index contributed by atoms with van der Waals surface area (Å²) in [5, 5.41) is 6.07. The molecule has 1 aromatic heterocycles. The van der Waals surface area contributed by atoms with Crippen LogP contribution in [0.4, 0.5) is 0 Å². The van der Waals surface area contributed by atoms with Crippen LogP contribution >= 0.6 is 0 Å². The van der Waals surface area contributed by atoms with Gasteiger partial charge in [-0.1, -0.05) is 20.1 Å². The highest BCUT2D eigenvalue weighted by Crippen LogP contribution is 2.56. The van der Waals surface area contributed by atoms with E-state index in [1.165, 1.54) is 25.8 Å². The first-order valence-electron chi connectivity index (χ1n) is 11.8. The van der Waals surface area contributed by atoms with Crippen LogP contribution in [0.3, 0.4) is 0 Å². The van der Waals surface area contributed by atoms with Crippen molar-refractivity contribution in [2.45, 2.75) is 43.7 Å². The highest BCUT2D eigenvalue weighted by Gasteiger charge is 2.53. The lowest BCUT2D eigenvalue weighted by Gasteiger charge is -2.62. The molecule has 7 heteroatoms. The fourth-order valence-corrected chi connectivity index (χ4v) is 5.85. The molecule has 4 heterocycles. The quantitative estimate of drug-likeness (QED) is 0.661. The molecule has 0 aromatic carbocycles. The number of nitrogens with zero attached hydrogens (tertiary/aromatic N) is 5. The molecular weight excluding hydrogens is 386 g/mol. The minimum atomic E-state index is 0.166. The normalized spacial score (nSPS) is 30.9. The van der Waals surface area contributed by atoms with Crippen molar-refractivity contribution in [2.24, 2.45) is 11.8 Å². The Balaban J connectivity index is 1.24. The van der Waals surface area contributed by atoms with Crippen molar-refractivity contribution in [2.75, 3.05) is 46.3 Å². The number of allylic oxidation sites excluding steroid dienone is 1. The molecule has 2 N–H and O–H groups in total. The molecule has 4 fully saturated rings. The first-order valence-corrected chi connectivity index (χ1v) is 11.8. The van der Waals surface area contributed by atoms with Crippen molar-refractivity contribution >= 4 is 0 Å². The molecule has 0 radical (unpaired) electrons. The van der Waals surface area contributed by atoms with E-state index in [1.807, 2.05) is 12.3 Å². The fraction of sp³-hybridized carbons (Fsp3) is 0.667. The van der Waals surface area contributed by atoms with Gasteiger partial charge in [0, 0.05) is 79.9 Å². The van der Waals surface area contributed by atoms with Crippen LogP contribution in [0.2, 0.25) is 0 Å². The van der Waals surface area contributed by atoms with Crippen molar-refractivity contribution in [3.63, 3.8) is 0 Å². The number of likely N-dealkylation sites (tertiary alicyclic amines) is 2. The van der Waals surface area contributed by atoms with E-state index >= 15 is 0 Å². The van der Waals surface area contributed by atoms with Gasteiger partial charge >= 0.3 is 0 Å². The van der Waals surface area contributed by atoms with Gasteiger partial charge in [-0.15, -0.1) is 0 Å². The second-order valence-corrected chi connectivity index (χ2v) is 10.1. The van der Waals surface area contributed by atoms with Crippen LogP contribution in [0.1, 0.15) is 37.8 Å². The number of hydrazine groups is 1. The topological polar surface area (TPSA) is 59.6 Å². The van der Waals surface area contributed by atoms with Gasteiger partial charge in [-0.05, 0) is 38.3 Å². The summed E-state index contributed by atoms with van der Waals surface area (Å²) in [4.78, 5) is 13.7. The summed E-state index contributed by atoms with van der Waals surface area (Å²) >= 11 is 0. The van der Waals surface area contributed by atoms with Crippen LogP contribution in [0.15, 0.2) is 43.1 Å². The Kier molecular flexibility index (Phi) is 5.52. The summed E-state index contributed by atoms with van der Waals surface area (Å²) in [7, 11) is 2.26. The van der Waals surface area contributed by atoms with Crippen molar-refractivity contribution in [3.05, 3.63) is 48.8 Å². The Labute approximate surface area is 186 Å². The molecule has 0 bridgehead atoms. The number of hydrogen-bond donors (Lipinski definition) is 2. The molecule has 4 aliphatic rings. The summed E-state index contributed by atoms with van der Waals surface area (Å²) in [5.74, 6) is 1.40. The third-order valence-corrected chi connectivity index (χ3v) is 8.15. The molecule has 3 aliphatic heterocycles. The molecule has 7 nitrogen and oxygen atoms in total. The lowest BCUT2D eigenvalue weighted by molar-refractivity contribution is -0.110. The minimum absolute atomic E-state index is 0.166. The van der Waals surface area contributed by atoms with Crippen LogP contribution in [0.25, 0.3) is 0 Å². The maximum Gasteiger partial charge on any atom is 0.115 e. The summed E-state index contributed by atoms with van der Waals surface area (Å²) < 4.78 is 0. The highest BCUT2D eigenvalue weighted by atomic mass is 15.5. The van der Waals surface area contributed by atoms with E-state index in [0.717, 1.165) is 49.8 Å². The molecule has 4 atom stereocenters. The second kappa shape index (κ2) is 8.19. The van der Waals surface area contributed by atoms with Gasteiger partial charge in [0.25, 0.3) is 0 Å². The molecular formula is C24H37N7. The molecule has 3 saturated heterocycles. The van der Waals surface area contributed by atoms with Gasteiger partial charge < -0.3 is 10.3 Å². The standard InChI is InChI=1S/C24H37N7/c1-17-22(23(17)20-7-10-25-16-26-20)18(2)28-21(19(3)31-11-6-5-9-27-31)13-30-14-24(15-30)8-12-29(24)4/h7,10,16-17,21-23,27-28H,2-3,5-6,8-9,11-15H2,1,4H3/t17?,21?,22-,23?/m0/s1. The Morgan fingerprint density at radius 1 is 1.32 bits per heavy atom. The number of likely N-dealkylation sites (N-methyl/N-ethyl adjacent to an activating group) is 1. The largest absolute Gasteiger partial charge is 0.379 e. The van der Waals surface area contributed by atoms with Crippen molar-refractivity contribution < 1.29 is 0 Å². The summed E-state index contributed by atoms with van der Waals surface area (Å²) in [6.45, 7) is 17.9. The molecule has 1 spiro atoms. The minimum Gasteiger partial charge on any atom is -0.379 e. The smallest absolute Gasteiger partial charge is 0.115 e. The molecule has 0 amide bonds. The number of rotatable bonds is 8. The van der Waals surface area contributed by atoms with E-state index in [4.69, 9.17) is 0 Å². The van der Waals surface area contributed by atoms with Crippen molar-refractivity contribution in [3.8, 4) is 0 Å². The zero-order valence-electron chi connectivity index (χ0n) is 19.1. The van der Waals surface area contributed by atoms with E-state index in [0.29, 0.717) is 23.3 Å². The van der Waals surface area contributed by atoms with Crippen LogP contribution < -0.4 is 10.7 Å². The average molecular weight is 424 g/mol. The Bertz CT molecular complexity index is 812. The zero-order valence-corrected chi connectivity index (χ0v) is 19.1. The molecule has 1 saturated carbocycles. The summed E-state index contributed by atoms with van der Waals surface area (Å²) in [6, 6.07) is 2.21. The van der Waals surface area contributed by atoms with Crippen LogP contribution in [-0.4, -0.2) is 82.7 Å². The first kappa shape index (κ1) is 20.9. The summed E-state index contributed by atoms with van der Waals surface area (Å²) in [6.07, 6.45) is 7.27. The predicted octanol–water partition coefficient (Wildman–Crippen LogP) is 1.80. The maximum absolute atomic E-state index is 4.51.